The summed E-state index contributed by atoms with van der Waals surface area (Å²) < 4.78 is 35.6. The normalized spacial score (nSPS) is 28.6. The van der Waals surface area contributed by atoms with Crippen LogP contribution in [0.4, 0.5) is 5.95 Å². The lowest BCUT2D eigenvalue weighted by molar-refractivity contribution is 0.0117. The standard InChI is InChI=1S/C23H34N4O3S/c1-14-5-6-17(15(2)23(14,3)4)13-30-20-11-21-24-25-22(26-31(28,29)18-9-10-18)27(21)12-19(20)16-7-8-16/h11-12,14-18H,5-10,13H2,1-4H3,(H,25,26). The number of fused-ring (bicyclic) bond motifs is 1. The molecule has 1 N–H and O–H groups in total. The lowest BCUT2D eigenvalue weighted by atomic mass is 9.59. The molecular formula is C23H34N4O3S. The smallest absolute Gasteiger partial charge is 0.242 e. The minimum atomic E-state index is -3.38. The predicted molar refractivity (Wildman–Crippen MR) is 121 cm³/mol. The van der Waals surface area contributed by atoms with Crippen LogP contribution < -0.4 is 9.46 Å². The topological polar surface area (TPSA) is 85.6 Å². The lowest BCUT2D eigenvalue weighted by Gasteiger charge is -2.46. The van der Waals surface area contributed by atoms with Crippen molar-refractivity contribution in [2.24, 2.45) is 23.2 Å². The average Bonchev–Trinajstić information content (AvgIpc) is 3.62. The highest BCUT2D eigenvalue weighted by molar-refractivity contribution is 7.93. The van der Waals surface area contributed by atoms with Crippen molar-refractivity contribution in [3.05, 3.63) is 17.8 Å². The van der Waals surface area contributed by atoms with Gasteiger partial charge in [-0.3, -0.25) is 9.12 Å². The van der Waals surface area contributed by atoms with Crippen LogP contribution in [0.2, 0.25) is 0 Å². The Morgan fingerprint density at radius 3 is 2.55 bits per heavy atom. The Kier molecular flexibility index (Phi) is 4.99. The molecule has 3 atom stereocenters. The molecule has 0 aliphatic heterocycles. The molecule has 0 spiro atoms. The van der Waals surface area contributed by atoms with Crippen molar-refractivity contribution in [2.45, 2.75) is 77.4 Å². The second-order valence-electron chi connectivity index (χ2n) is 10.6. The van der Waals surface area contributed by atoms with Gasteiger partial charge in [0.1, 0.15) is 5.75 Å². The Bertz CT molecular complexity index is 1090. The molecule has 7 nitrogen and oxygen atoms in total. The van der Waals surface area contributed by atoms with Crippen molar-refractivity contribution < 1.29 is 13.2 Å². The van der Waals surface area contributed by atoms with Crippen molar-refractivity contribution in [3.8, 4) is 5.75 Å². The molecule has 5 rings (SSSR count). The van der Waals surface area contributed by atoms with Crippen LogP contribution in [0.3, 0.4) is 0 Å². The molecule has 170 valence electrons. The molecule has 2 heterocycles. The number of aromatic nitrogens is 3. The van der Waals surface area contributed by atoms with Gasteiger partial charge in [0.05, 0.1) is 11.9 Å². The summed E-state index contributed by atoms with van der Waals surface area (Å²) in [7, 11) is -3.38. The Morgan fingerprint density at radius 2 is 1.87 bits per heavy atom. The summed E-state index contributed by atoms with van der Waals surface area (Å²) in [4.78, 5) is 0. The zero-order chi connectivity index (χ0) is 22.0. The van der Waals surface area contributed by atoms with Gasteiger partial charge < -0.3 is 4.74 Å². The lowest BCUT2D eigenvalue weighted by Crippen LogP contribution is -2.41. The molecule has 3 aliphatic carbocycles. The number of rotatable bonds is 7. The molecule has 8 heteroatoms. The van der Waals surface area contributed by atoms with Gasteiger partial charge in [-0.05, 0) is 67.6 Å². The van der Waals surface area contributed by atoms with E-state index in [1.54, 1.807) is 4.40 Å². The van der Waals surface area contributed by atoms with E-state index in [0.717, 1.165) is 30.1 Å². The zero-order valence-corrected chi connectivity index (χ0v) is 19.8. The average molecular weight is 447 g/mol. The quantitative estimate of drug-likeness (QED) is 0.672. The summed E-state index contributed by atoms with van der Waals surface area (Å²) >= 11 is 0. The Balaban J connectivity index is 1.38. The van der Waals surface area contributed by atoms with E-state index < -0.39 is 10.0 Å². The summed E-state index contributed by atoms with van der Waals surface area (Å²) in [6, 6.07) is 1.93. The summed E-state index contributed by atoms with van der Waals surface area (Å²) in [5.41, 5.74) is 2.06. The molecule has 0 saturated heterocycles. The highest BCUT2D eigenvalue weighted by Gasteiger charge is 2.41. The predicted octanol–water partition coefficient (Wildman–Crippen LogP) is 4.60. The second-order valence-corrected chi connectivity index (χ2v) is 12.6. The van der Waals surface area contributed by atoms with Crippen molar-refractivity contribution in [3.63, 3.8) is 0 Å². The molecule has 3 unspecified atom stereocenters. The van der Waals surface area contributed by atoms with Crippen LogP contribution in [0.5, 0.6) is 5.75 Å². The number of anilines is 1. The fourth-order valence-corrected chi connectivity index (χ4v) is 6.30. The largest absolute Gasteiger partial charge is 0.493 e. The maximum atomic E-state index is 12.4. The molecule has 3 aliphatic rings. The van der Waals surface area contributed by atoms with Crippen molar-refractivity contribution in [1.29, 1.82) is 0 Å². The first-order valence-electron chi connectivity index (χ1n) is 11.7. The zero-order valence-electron chi connectivity index (χ0n) is 19.0. The van der Waals surface area contributed by atoms with Crippen LogP contribution in [0.15, 0.2) is 12.3 Å². The Morgan fingerprint density at radius 1 is 1.13 bits per heavy atom. The number of ether oxygens (including phenoxy) is 1. The van der Waals surface area contributed by atoms with Crippen molar-refractivity contribution in [1.82, 2.24) is 14.6 Å². The molecule has 31 heavy (non-hydrogen) atoms. The molecule has 0 aromatic carbocycles. The molecular weight excluding hydrogens is 412 g/mol. The summed E-state index contributed by atoms with van der Waals surface area (Å²) in [6.45, 7) is 10.2. The van der Waals surface area contributed by atoms with Gasteiger partial charge in [-0.15, -0.1) is 10.2 Å². The van der Waals surface area contributed by atoms with E-state index >= 15 is 0 Å². The Hall–Kier alpha value is -1.83. The molecule has 2 aromatic rings. The van der Waals surface area contributed by atoms with Crippen LogP contribution in [-0.4, -0.2) is 34.9 Å². The minimum Gasteiger partial charge on any atom is -0.493 e. The number of nitrogens with one attached hydrogen (secondary N) is 1. The molecule has 2 aromatic heterocycles. The van der Waals surface area contributed by atoms with Gasteiger partial charge in [0.15, 0.2) is 5.65 Å². The third kappa shape index (κ3) is 3.92. The number of pyridine rings is 1. The SMILES string of the molecule is CC1CCC(COc2cc3nnc(NS(=O)(=O)C4CC4)n3cc2C2CC2)C(C)C1(C)C. The van der Waals surface area contributed by atoms with Gasteiger partial charge in [0, 0.05) is 17.8 Å². The van der Waals surface area contributed by atoms with Gasteiger partial charge in [-0.1, -0.05) is 27.7 Å². The van der Waals surface area contributed by atoms with Crippen molar-refractivity contribution >= 4 is 21.6 Å². The van der Waals surface area contributed by atoms with E-state index in [9.17, 15) is 8.42 Å². The minimum absolute atomic E-state index is 0.270. The fourth-order valence-electron chi connectivity index (χ4n) is 4.98. The number of hydrogen-bond donors (Lipinski definition) is 1. The first-order valence-corrected chi connectivity index (χ1v) is 13.2. The van der Waals surface area contributed by atoms with Crippen LogP contribution in [-0.2, 0) is 10.0 Å². The molecule has 3 saturated carbocycles. The van der Waals surface area contributed by atoms with Crippen LogP contribution in [0.1, 0.15) is 77.7 Å². The second kappa shape index (κ2) is 7.36. The van der Waals surface area contributed by atoms with E-state index in [2.05, 4.69) is 42.6 Å². The third-order valence-electron chi connectivity index (χ3n) is 8.32. The van der Waals surface area contributed by atoms with E-state index in [0.29, 0.717) is 48.3 Å². The first-order chi connectivity index (χ1) is 14.7. The maximum absolute atomic E-state index is 12.4. The van der Waals surface area contributed by atoms with Crippen LogP contribution in [0, 0.1) is 23.2 Å². The van der Waals surface area contributed by atoms with Gasteiger partial charge in [-0.25, -0.2) is 8.42 Å². The fraction of sp³-hybridized carbons (Fsp3) is 0.739. The highest BCUT2D eigenvalue weighted by atomic mass is 32.2. The molecule has 0 bridgehead atoms. The van der Waals surface area contributed by atoms with Gasteiger partial charge >= 0.3 is 0 Å². The van der Waals surface area contributed by atoms with Crippen LogP contribution >= 0.6 is 0 Å². The van der Waals surface area contributed by atoms with Crippen LogP contribution in [0.25, 0.3) is 5.65 Å². The van der Waals surface area contributed by atoms with Gasteiger partial charge in [0.25, 0.3) is 0 Å². The summed E-state index contributed by atoms with van der Waals surface area (Å²) in [6.07, 6.45) is 8.12. The molecule has 0 amide bonds. The Labute approximate surface area is 185 Å². The van der Waals surface area contributed by atoms with E-state index in [-0.39, 0.29) is 11.2 Å². The summed E-state index contributed by atoms with van der Waals surface area (Å²) in [5, 5.41) is 8.03. The van der Waals surface area contributed by atoms with E-state index in [1.807, 2.05) is 12.3 Å². The molecule has 3 fully saturated rings. The summed E-state index contributed by atoms with van der Waals surface area (Å²) in [5.74, 6) is 3.48. The number of sulfonamides is 1. The van der Waals surface area contributed by atoms with Crippen molar-refractivity contribution in [2.75, 3.05) is 11.3 Å². The number of hydrogen-bond acceptors (Lipinski definition) is 5. The van der Waals surface area contributed by atoms with Gasteiger partial charge in [-0.2, -0.15) is 0 Å². The molecule has 0 radical (unpaired) electrons. The van der Waals surface area contributed by atoms with Gasteiger partial charge in [0.2, 0.25) is 16.0 Å². The first kappa shape index (κ1) is 21.0. The maximum Gasteiger partial charge on any atom is 0.242 e. The number of nitrogens with zero attached hydrogens (tertiary/aromatic N) is 3. The van der Waals surface area contributed by atoms with E-state index in [4.69, 9.17) is 4.74 Å². The van der Waals surface area contributed by atoms with E-state index in [1.165, 1.54) is 12.8 Å². The highest BCUT2D eigenvalue weighted by Crippen LogP contribution is 2.48. The monoisotopic (exact) mass is 446 g/mol. The third-order valence-corrected chi connectivity index (χ3v) is 10.1.